The van der Waals surface area contributed by atoms with E-state index in [1.807, 2.05) is 6.07 Å². The van der Waals surface area contributed by atoms with Crippen LogP contribution in [-0.2, 0) is 6.54 Å². The van der Waals surface area contributed by atoms with Crippen molar-refractivity contribution in [3.05, 3.63) is 28.8 Å². The second kappa shape index (κ2) is 6.39. The number of benzene rings is 1. The van der Waals surface area contributed by atoms with Gasteiger partial charge in [0.25, 0.3) is 0 Å². The molecule has 1 saturated carbocycles. The van der Waals surface area contributed by atoms with Crippen LogP contribution in [0.4, 0.5) is 5.69 Å². The summed E-state index contributed by atoms with van der Waals surface area (Å²) in [5.41, 5.74) is 2.60. The zero-order valence-electron chi connectivity index (χ0n) is 13.0. The van der Waals surface area contributed by atoms with E-state index in [1.165, 1.54) is 36.3 Å². The first-order chi connectivity index (χ1) is 10.1. The van der Waals surface area contributed by atoms with Gasteiger partial charge in [-0.15, -0.1) is 0 Å². The third kappa shape index (κ3) is 4.08. The highest BCUT2D eigenvalue weighted by atomic mass is 35.5. The Balaban J connectivity index is 1.78. The van der Waals surface area contributed by atoms with Crippen molar-refractivity contribution in [3.8, 4) is 0 Å². The van der Waals surface area contributed by atoms with Gasteiger partial charge in [-0.05, 0) is 30.9 Å². The van der Waals surface area contributed by atoms with E-state index in [1.54, 1.807) is 0 Å². The summed E-state index contributed by atoms with van der Waals surface area (Å²) in [4.78, 5) is 2.49. The summed E-state index contributed by atoms with van der Waals surface area (Å²) in [6, 6.07) is 7.06. The van der Waals surface area contributed by atoms with Gasteiger partial charge < -0.3 is 10.2 Å². The van der Waals surface area contributed by atoms with Gasteiger partial charge in [-0.3, -0.25) is 0 Å². The molecule has 1 saturated heterocycles. The zero-order valence-corrected chi connectivity index (χ0v) is 14.6. The Morgan fingerprint density at radius 3 is 2.90 bits per heavy atom. The number of nitrogens with zero attached hydrogens (tertiary/aromatic N) is 1. The topological polar surface area (TPSA) is 15.3 Å². The van der Waals surface area contributed by atoms with Crippen molar-refractivity contribution >= 4 is 29.1 Å². The van der Waals surface area contributed by atoms with E-state index in [0.717, 1.165) is 30.7 Å². The summed E-state index contributed by atoms with van der Waals surface area (Å²) in [6.07, 6.45) is 3.85. The molecule has 1 N–H and O–H groups in total. The molecule has 1 aromatic carbocycles. The summed E-state index contributed by atoms with van der Waals surface area (Å²) in [7, 11) is 0. The second-order valence-electron chi connectivity index (χ2n) is 6.75. The number of halogens is 1. The molecular weight excluding hydrogens is 300 g/mol. The first-order valence-corrected chi connectivity index (χ1v) is 9.31. The van der Waals surface area contributed by atoms with Crippen LogP contribution in [0, 0.1) is 0 Å². The van der Waals surface area contributed by atoms with E-state index in [2.05, 4.69) is 48.0 Å². The molecule has 0 amide bonds. The van der Waals surface area contributed by atoms with Gasteiger partial charge >= 0.3 is 0 Å². The van der Waals surface area contributed by atoms with Gasteiger partial charge in [-0.1, -0.05) is 37.6 Å². The molecule has 2 nitrogen and oxygen atoms in total. The predicted octanol–water partition coefficient (Wildman–Crippen LogP) is 4.31. The molecule has 1 aliphatic carbocycles. The van der Waals surface area contributed by atoms with Crippen molar-refractivity contribution in [1.82, 2.24) is 5.32 Å². The minimum absolute atomic E-state index is 0.377. The van der Waals surface area contributed by atoms with Crippen molar-refractivity contribution in [2.45, 2.75) is 50.4 Å². The Labute approximate surface area is 137 Å². The Hall–Kier alpha value is -0.380. The maximum absolute atomic E-state index is 6.54. The smallest absolute Gasteiger partial charge is 0.0642 e. The molecule has 2 fully saturated rings. The van der Waals surface area contributed by atoms with E-state index in [4.69, 9.17) is 11.6 Å². The first-order valence-electron chi connectivity index (χ1n) is 7.95. The van der Waals surface area contributed by atoms with Crippen molar-refractivity contribution < 1.29 is 0 Å². The van der Waals surface area contributed by atoms with Gasteiger partial charge in [-0.2, -0.15) is 11.8 Å². The average molecular weight is 325 g/mol. The Morgan fingerprint density at radius 1 is 1.33 bits per heavy atom. The number of anilines is 1. The summed E-state index contributed by atoms with van der Waals surface area (Å²) >= 11 is 8.62. The first kappa shape index (κ1) is 15.5. The van der Waals surface area contributed by atoms with Crippen LogP contribution < -0.4 is 10.2 Å². The molecule has 0 radical (unpaired) electrons. The van der Waals surface area contributed by atoms with Crippen LogP contribution in [-0.4, -0.2) is 29.6 Å². The monoisotopic (exact) mass is 324 g/mol. The molecular formula is C17H25ClN2S. The lowest BCUT2D eigenvalue weighted by Gasteiger charge is -2.27. The summed E-state index contributed by atoms with van der Waals surface area (Å²) in [6.45, 7) is 7.83. The molecule has 0 atom stereocenters. The number of hydrogen-bond donors (Lipinski definition) is 1. The van der Waals surface area contributed by atoms with Crippen LogP contribution in [0.15, 0.2) is 18.2 Å². The van der Waals surface area contributed by atoms with Crippen molar-refractivity contribution in [1.29, 1.82) is 0 Å². The third-order valence-corrected chi connectivity index (χ3v) is 6.06. The van der Waals surface area contributed by atoms with Crippen LogP contribution in [0.1, 0.15) is 38.7 Å². The van der Waals surface area contributed by atoms with E-state index in [0.29, 0.717) is 4.75 Å². The SMILES string of the molecule is CC1(C)CCN(c2c(Cl)cccc2CNC2CC2)CCS1. The predicted molar refractivity (Wildman–Crippen MR) is 94.7 cm³/mol. The lowest BCUT2D eigenvalue weighted by atomic mass is 10.1. The molecule has 2 aliphatic rings. The average Bonchev–Trinajstić information content (AvgIpc) is 3.25. The molecule has 1 heterocycles. The quantitative estimate of drug-likeness (QED) is 0.888. The highest BCUT2D eigenvalue weighted by Gasteiger charge is 2.26. The van der Waals surface area contributed by atoms with E-state index in [9.17, 15) is 0 Å². The Bertz CT molecular complexity index is 500. The molecule has 0 spiro atoms. The normalized spacial score (nSPS) is 22.1. The van der Waals surface area contributed by atoms with Crippen LogP contribution in [0.5, 0.6) is 0 Å². The highest BCUT2D eigenvalue weighted by Crippen LogP contribution is 2.36. The van der Waals surface area contributed by atoms with Crippen LogP contribution in [0.25, 0.3) is 0 Å². The fourth-order valence-electron chi connectivity index (χ4n) is 2.84. The molecule has 21 heavy (non-hydrogen) atoms. The highest BCUT2D eigenvalue weighted by molar-refractivity contribution is 8.00. The molecule has 1 aromatic rings. The van der Waals surface area contributed by atoms with Gasteiger partial charge in [0.05, 0.1) is 10.7 Å². The molecule has 116 valence electrons. The van der Waals surface area contributed by atoms with Crippen molar-refractivity contribution in [3.63, 3.8) is 0 Å². The minimum Gasteiger partial charge on any atom is -0.369 e. The lowest BCUT2D eigenvalue weighted by Crippen LogP contribution is -2.29. The van der Waals surface area contributed by atoms with E-state index >= 15 is 0 Å². The molecule has 0 bridgehead atoms. The minimum atomic E-state index is 0.377. The largest absolute Gasteiger partial charge is 0.369 e. The van der Waals surface area contributed by atoms with Gasteiger partial charge in [0.2, 0.25) is 0 Å². The number of para-hydroxylation sites is 1. The lowest BCUT2D eigenvalue weighted by molar-refractivity contribution is 0.633. The molecule has 1 aliphatic heterocycles. The van der Waals surface area contributed by atoms with E-state index < -0.39 is 0 Å². The molecule has 0 aromatic heterocycles. The maximum Gasteiger partial charge on any atom is 0.0642 e. The van der Waals surface area contributed by atoms with Crippen LogP contribution in [0.2, 0.25) is 5.02 Å². The van der Waals surface area contributed by atoms with Crippen LogP contribution in [0.3, 0.4) is 0 Å². The number of rotatable bonds is 4. The van der Waals surface area contributed by atoms with Gasteiger partial charge in [-0.25, -0.2) is 0 Å². The number of nitrogens with one attached hydrogen (secondary N) is 1. The van der Waals surface area contributed by atoms with Crippen molar-refractivity contribution in [2.24, 2.45) is 0 Å². The molecule has 0 unspecified atom stereocenters. The summed E-state index contributed by atoms with van der Waals surface area (Å²) < 4.78 is 0.377. The Kier molecular flexibility index (Phi) is 4.72. The maximum atomic E-state index is 6.54. The molecule has 4 heteroatoms. The standard InChI is InChI=1S/C17H25ClN2S/c1-17(2)8-9-20(10-11-21-17)16-13(4-3-5-15(16)18)12-19-14-6-7-14/h3-5,14,19H,6-12H2,1-2H3. The van der Waals surface area contributed by atoms with Gasteiger partial charge in [0.1, 0.15) is 0 Å². The Morgan fingerprint density at radius 2 is 2.14 bits per heavy atom. The second-order valence-corrected chi connectivity index (χ2v) is 8.96. The number of thioether (sulfide) groups is 1. The fourth-order valence-corrected chi connectivity index (χ4v) is 4.26. The summed E-state index contributed by atoms with van der Waals surface area (Å²) in [5.74, 6) is 1.17. The molecule has 3 rings (SSSR count). The fraction of sp³-hybridized carbons (Fsp3) is 0.647. The van der Waals surface area contributed by atoms with E-state index in [-0.39, 0.29) is 0 Å². The van der Waals surface area contributed by atoms with Gasteiger partial charge in [0.15, 0.2) is 0 Å². The van der Waals surface area contributed by atoms with Crippen LogP contribution >= 0.6 is 23.4 Å². The third-order valence-electron chi connectivity index (χ3n) is 4.38. The number of hydrogen-bond acceptors (Lipinski definition) is 3. The van der Waals surface area contributed by atoms with Crippen molar-refractivity contribution in [2.75, 3.05) is 23.7 Å². The zero-order chi connectivity index (χ0) is 14.9. The van der Waals surface area contributed by atoms with Gasteiger partial charge in [0, 0.05) is 36.2 Å². The summed E-state index contributed by atoms with van der Waals surface area (Å²) in [5, 5.41) is 4.52.